The Balaban J connectivity index is 1.87. The van der Waals surface area contributed by atoms with Crippen molar-refractivity contribution in [2.75, 3.05) is 19.6 Å². The van der Waals surface area contributed by atoms with Gasteiger partial charge in [0.05, 0.1) is 0 Å². The molecule has 1 N–H and O–H groups in total. The quantitative estimate of drug-likeness (QED) is 0.819. The molecule has 1 aliphatic rings. The molecule has 1 fully saturated rings. The van der Waals surface area contributed by atoms with Crippen molar-refractivity contribution in [2.24, 2.45) is 5.92 Å². The van der Waals surface area contributed by atoms with Crippen LogP contribution >= 0.6 is 0 Å². The number of nitrogens with one attached hydrogen (secondary N) is 1. The second kappa shape index (κ2) is 6.98. The molecular formula is C16H22F2N2O. The van der Waals surface area contributed by atoms with Gasteiger partial charge in [0, 0.05) is 25.6 Å². The molecule has 0 spiro atoms. The van der Waals surface area contributed by atoms with Gasteiger partial charge in [-0.25, -0.2) is 8.78 Å². The van der Waals surface area contributed by atoms with Crippen LogP contribution in [-0.2, 0) is 17.3 Å². The largest absolute Gasteiger partial charge is 0.358 e. The zero-order valence-corrected chi connectivity index (χ0v) is 12.3. The van der Waals surface area contributed by atoms with Crippen LogP contribution < -0.4 is 5.32 Å². The van der Waals surface area contributed by atoms with Crippen molar-refractivity contribution in [3.63, 3.8) is 0 Å². The van der Waals surface area contributed by atoms with E-state index < -0.39 is 5.92 Å². The summed E-state index contributed by atoms with van der Waals surface area (Å²) in [6, 6.07) is 6.67. The lowest BCUT2D eigenvalue weighted by Gasteiger charge is -2.31. The zero-order valence-electron chi connectivity index (χ0n) is 12.3. The summed E-state index contributed by atoms with van der Waals surface area (Å²) in [4.78, 5) is 12.6. The average Bonchev–Trinajstić information content (AvgIpc) is 2.46. The van der Waals surface area contributed by atoms with E-state index in [-0.39, 0.29) is 5.56 Å². The molecule has 0 radical (unpaired) electrons. The maximum atomic E-state index is 13.3. The van der Waals surface area contributed by atoms with Crippen LogP contribution in [-0.4, -0.2) is 30.9 Å². The third-order valence-corrected chi connectivity index (χ3v) is 4.04. The summed E-state index contributed by atoms with van der Waals surface area (Å²) < 4.78 is 26.7. The van der Waals surface area contributed by atoms with E-state index in [1.54, 1.807) is 12.1 Å². The molecule has 1 aromatic rings. The Morgan fingerprint density at radius 1 is 1.38 bits per heavy atom. The van der Waals surface area contributed by atoms with E-state index in [4.69, 9.17) is 0 Å². The first-order chi connectivity index (χ1) is 9.99. The molecule has 0 saturated carbocycles. The molecule has 0 atom stereocenters. The fourth-order valence-electron chi connectivity index (χ4n) is 2.76. The molecule has 0 unspecified atom stereocenters. The number of benzene rings is 1. The van der Waals surface area contributed by atoms with Gasteiger partial charge < -0.3 is 5.32 Å². The van der Waals surface area contributed by atoms with Gasteiger partial charge in [-0.15, -0.1) is 0 Å². The van der Waals surface area contributed by atoms with Crippen LogP contribution in [0.15, 0.2) is 24.3 Å². The Kier molecular flexibility index (Phi) is 5.28. The fraction of sp³-hybridized carbons (Fsp3) is 0.562. The number of nitrogens with zero attached hydrogens (tertiary/aromatic N) is 1. The Morgan fingerprint density at radius 3 is 2.71 bits per heavy atom. The predicted molar refractivity (Wildman–Crippen MR) is 78.1 cm³/mol. The summed E-state index contributed by atoms with van der Waals surface area (Å²) in [6.07, 6.45) is 2.80. The number of halogens is 2. The van der Waals surface area contributed by atoms with Gasteiger partial charge >= 0.3 is 0 Å². The third kappa shape index (κ3) is 4.77. The lowest BCUT2D eigenvalue weighted by atomic mass is 9.96. The second-order valence-corrected chi connectivity index (χ2v) is 5.83. The summed E-state index contributed by atoms with van der Waals surface area (Å²) in [7, 11) is 0. The second-order valence-electron chi connectivity index (χ2n) is 5.83. The van der Waals surface area contributed by atoms with Gasteiger partial charge in [-0.2, -0.15) is 0 Å². The summed E-state index contributed by atoms with van der Waals surface area (Å²) in [6.45, 7) is 4.25. The number of rotatable bonds is 6. The maximum absolute atomic E-state index is 13.3. The molecular weight excluding hydrogens is 274 g/mol. The van der Waals surface area contributed by atoms with Gasteiger partial charge in [-0.05, 0) is 43.5 Å². The first-order valence-corrected chi connectivity index (χ1v) is 7.35. The van der Waals surface area contributed by atoms with E-state index in [0.29, 0.717) is 12.5 Å². The standard InChI is InChI=1S/C16H22F2N2O/c1-16(17,18)15-4-2-3-14(9-15)11-20-7-5-13(6-8-20)10-19-12-21/h2-4,9,12-13H,5-8,10-11H2,1H3,(H,19,21). The van der Waals surface area contributed by atoms with Crippen LogP contribution in [0.25, 0.3) is 0 Å². The lowest BCUT2D eigenvalue weighted by molar-refractivity contribution is -0.109. The van der Waals surface area contributed by atoms with E-state index in [1.165, 1.54) is 6.07 Å². The van der Waals surface area contributed by atoms with Crippen LogP contribution in [0.4, 0.5) is 8.78 Å². The smallest absolute Gasteiger partial charge is 0.270 e. The van der Waals surface area contributed by atoms with Crippen LogP contribution in [0.2, 0.25) is 0 Å². The first kappa shape index (κ1) is 15.9. The number of alkyl halides is 2. The minimum Gasteiger partial charge on any atom is -0.358 e. The van der Waals surface area contributed by atoms with Gasteiger partial charge in [-0.3, -0.25) is 9.69 Å². The number of carbonyl (C=O) groups is 1. The third-order valence-electron chi connectivity index (χ3n) is 4.04. The Morgan fingerprint density at radius 2 is 2.10 bits per heavy atom. The molecule has 1 aromatic carbocycles. The average molecular weight is 296 g/mol. The molecule has 3 nitrogen and oxygen atoms in total. The topological polar surface area (TPSA) is 32.3 Å². The van der Waals surface area contributed by atoms with Crippen molar-refractivity contribution >= 4 is 6.41 Å². The number of amides is 1. The van der Waals surface area contributed by atoms with E-state index in [0.717, 1.165) is 51.4 Å². The van der Waals surface area contributed by atoms with Crippen molar-refractivity contribution < 1.29 is 13.6 Å². The van der Waals surface area contributed by atoms with Crippen molar-refractivity contribution in [2.45, 2.75) is 32.2 Å². The summed E-state index contributed by atoms with van der Waals surface area (Å²) in [5.41, 5.74) is 1.00. The Bertz CT molecular complexity index is 466. The Labute approximate surface area is 124 Å². The van der Waals surface area contributed by atoms with Crippen LogP contribution in [0.1, 0.15) is 30.9 Å². The van der Waals surface area contributed by atoms with Gasteiger partial charge in [0.2, 0.25) is 6.41 Å². The molecule has 0 bridgehead atoms. The molecule has 1 saturated heterocycles. The number of likely N-dealkylation sites (tertiary alicyclic amines) is 1. The number of hydrogen-bond donors (Lipinski definition) is 1. The van der Waals surface area contributed by atoms with Gasteiger partial charge in [0.1, 0.15) is 0 Å². The molecule has 2 rings (SSSR count). The number of piperidine rings is 1. The normalized spacial score (nSPS) is 17.7. The molecule has 5 heteroatoms. The minimum atomic E-state index is -2.79. The van der Waals surface area contributed by atoms with Crippen LogP contribution in [0, 0.1) is 5.92 Å². The molecule has 116 valence electrons. The summed E-state index contributed by atoms with van der Waals surface area (Å²) in [5, 5.41) is 2.72. The van der Waals surface area contributed by atoms with E-state index in [2.05, 4.69) is 10.2 Å². The first-order valence-electron chi connectivity index (χ1n) is 7.35. The van der Waals surface area contributed by atoms with Crippen molar-refractivity contribution in [1.82, 2.24) is 10.2 Å². The van der Waals surface area contributed by atoms with Gasteiger partial charge in [0.15, 0.2) is 0 Å². The van der Waals surface area contributed by atoms with Crippen molar-refractivity contribution in [3.8, 4) is 0 Å². The summed E-state index contributed by atoms with van der Waals surface area (Å²) >= 11 is 0. The minimum absolute atomic E-state index is 0.0741. The molecule has 1 heterocycles. The lowest BCUT2D eigenvalue weighted by Crippen LogP contribution is -2.36. The van der Waals surface area contributed by atoms with E-state index in [1.807, 2.05) is 6.07 Å². The molecule has 21 heavy (non-hydrogen) atoms. The van der Waals surface area contributed by atoms with Crippen molar-refractivity contribution in [3.05, 3.63) is 35.4 Å². The van der Waals surface area contributed by atoms with Gasteiger partial charge in [0.25, 0.3) is 5.92 Å². The summed E-state index contributed by atoms with van der Waals surface area (Å²) in [5.74, 6) is -2.26. The highest BCUT2D eigenvalue weighted by atomic mass is 19.3. The molecule has 1 amide bonds. The highest BCUT2D eigenvalue weighted by Gasteiger charge is 2.24. The Hall–Kier alpha value is -1.49. The van der Waals surface area contributed by atoms with Crippen LogP contribution in [0.3, 0.4) is 0 Å². The molecule has 0 aliphatic carbocycles. The predicted octanol–water partition coefficient (Wildman–Crippen LogP) is 2.76. The highest BCUT2D eigenvalue weighted by Crippen LogP contribution is 2.28. The number of hydrogen-bond acceptors (Lipinski definition) is 2. The zero-order chi connectivity index (χ0) is 15.3. The van der Waals surface area contributed by atoms with E-state index in [9.17, 15) is 13.6 Å². The molecule has 0 aromatic heterocycles. The molecule has 1 aliphatic heterocycles. The maximum Gasteiger partial charge on any atom is 0.270 e. The van der Waals surface area contributed by atoms with Crippen molar-refractivity contribution in [1.29, 1.82) is 0 Å². The fourth-order valence-corrected chi connectivity index (χ4v) is 2.76. The highest BCUT2D eigenvalue weighted by molar-refractivity contribution is 5.45. The number of carbonyl (C=O) groups excluding carboxylic acids is 1. The monoisotopic (exact) mass is 296 g/mol. The van der Waals surface area contributed by atoms with E-state index >= 15 is 0 Å². The van der Waals surface area contributed by atoms with Gasteiger partial charge in [-0.1, -0.05) is 18.2 Å². The van der Waals surface area contributed by atoms with Crippen LogP contribution in [0.5, 0.6) is 0 Å². The SMILES string of the molecule is CC(F)(F)c1cccc(CN2CCC(CNC=O)CC2)c1.